The van der Waals surface area contributed by atoms with Gasteiger partial charge in [0.15, 0.2) is 0 Å². The molecule has 6 nitrogen and oxygen atoms in total. The van der Waals surface area contributed by atoms with Crippen molar-refractivity contribution >= 4 is 0 Å². The first kappa shape index (κ1) is 14.2. The lowest BCUT2D eigenvalue weighted by Crippen LogP contribution is -2.18. The Balaban J connectivity index is 2.13. The minimum atomic E-state index is -0.393. The van der Waals surface area contributed by atoms with Crippen LogP contribution in [0.5, 0.6) is 0 Å². The van der Waals surface area contributed by atoms with E-state index in [1.54, 1.807) is 6.07 Å². The zero-order valence-corrected chi connectivity index (χ0v) is 12.6. The van der Waals surface area contributed by atoms with E-state index in [2.05, 4.69) is 20.4 Å². The summed E-state index contributed by atoms with van der Waals surface area (Å²) < 4.78 is 15.0. The maximum atomic E-state index is 13.5. The van der Waals surface area contributed by atoms with Crippen molar-refractivity contribution < 1.29 is 4.39 Å². The molecule has 1 aromatic carbocycles. The van der Waals surface area contributed by atoms with Crippen LogP contribution in [0.25, 0.3) is 5.69 Å². The van der Waals surface area contributed by atoms with Crippen molar-refractivity contribution in [2.24, 2.45) is 0 Å². The number of halogens is 1. The smallest absolute Gasteiger partial charge is 0.282 e. The molecule has 2 aromatic heterocycles. The third kappa shape index (κ3) is 2.34. The van der Waals surface area contributed by atoms with Gasteiger partial charge in [-0.15, -0.1) is 0 Å². The molecule has 3 rings (SSSR count). The molecule has 0 bridgehead atoms. The lowest BCUT2D eigenvalue weighted by Gasteiger charge is -2.09. The average molecular weight is 301 g/mol. The number of hydrogen-bond donors (Lipinski definition) is 2. The first-order chi connectivity index (χ1) is 10.5. The summed E-state index contributed by atoms with van der Waals surface area (Å²) in [5.41, 5.74) is 3.67. The van der Waals surface area contributed by atoms with Crippen molar-refractivity contribution in [1.29, 1.82) is 0 Å². The topological polar surface area (TPSA) is 79.4 Å². The van der Waals surface area contributed by atoms with Crippen LogP contribution in [0.15, 0.2) is 23.0 Å². The maximum Gasteiger partial charge on any atom is 0.347 e. The molecule has 0 atom stereocenters. The van der Waals surface area contributed by atoms with E-state index in [0.29, 0.717) is 17.9 Å². The summed E-state index contributed by atoms with van der Waals surface area (Å²) in [5.74, 6) is 0.127. The van der Waals surface area contributed by atoms with Crippen molar-refractivity contribution in [3.05, 3.63) is 62.8 Å². The van der Waals surface area contributed by atoms with E-state index in [4.69, 9.17) is 0 Å². The van der Waals surface area contributed by atoms with E-state index in [1.807, 2.05) is 20.8 Å². The quantitative estimate of drug-likeness (QED) is 0.776. The van der Waals surface area contributed by atoms with Crippen molar-refractivity contribution in [3.63, 3.8) is 0 Å². The van der Waals surface area contributed by atoms with Crippen molar-refractivity contribution in [3.8, 4) is 5.69 Å². The van der Waals surface area contributed by atoms with E-state index in [0.717, 1.165) is 22.5 Å². The van der Waals surface area contributed by atoms with Crippen LogP contribution in [0.2, 0.25) is 0 Å². The summed E-state index contributed by atoms with van der Waals surface area (Å²) >= 11 is 0. The highest BCUT2D eigenvalue weighted by Crippen LogP contribution is 2.18. The Morgan fingerprint density at radius 1 is 1.18 bits per heavy atom. The van der Waals surface area contributed by atoms with Crippen molar-refractivity contribution in [2.75, 3.05) is 0 Å². The van der Waals surface area contributed by atoms with Gasteiger partial charge in [0.05, 0.1) is 11.4 Å². The highest BCUT2D eigenvalue weighted by Gasteiger charge is 2.16. The Morgan fingerprint density at radius 2 is 1.95 bits per heavy atom. The van der Waals surface area contributed by atoms with Gasteiger partial charge in [0.1, 0.15) is 11.6 Å². The number of benzene rings is 1. The number of aromatic nitrogens is 5. The normalized spacial score (nSPS) is 11.1. The highest BCUT2D eigenvalue weighted by molar-refractivity contribution is 5.42. The second-order valence-electron chi connectivity index (χ2n) is 5.30. The molecule has 0 aliphatic rings. The number of H-pyrrole nitrogens is 2. The first-order valence-electron chi connectivity index (χ1n) is 6.90. The third-order valence-electron chi connectivity index (χ3n) is 3.77. The second-order valence-corrected chi connectivity index (χ2v) is 5.30. The van der Waals surface area contributed by atoms with Gasteiger partial charge >= 0.3 is 5.69 Å². The second kappa shape index (κ2) is 5.25. The molecule has 114 valence electrons. The molecule has 0 radical (unpaired) electrons. The molecule has 2 heterocycles. The summed E-state index contributed by atoms with van der Waals surface area (Å²) in [6, 6.07) is 4.35. The summed E-state index contributed by atoms with van der Waals surface area (Å²) in [5, 5.41) is 13.6. The van der Waals surface area contributed by atoms with Crippen LogP contribution in [-0.2, 0) is 6.42 Å². The largest absolute Gasteiger partial charge is 0.347 e. The number of rotatable bonds is 3. The standard InChI is InChI=1S/C15H16FN5O/c1-8-4-5-11(16)6-13(8)21-14(19-20-15(21)22)7-12-9(2)17-18-10(12)3/h4-6H,7H2,1-3H3,(H,17,18)(H,20,22). The monoisotopic (exact) mass is 301 g/mol. The van der Waals surface area contributed by atoms with Crippen molar-refractivity contribution in [1.82, 2.24) is 25.0 Å². The van der Waals surface area contributed by atoms with Gasteiger partial charge in [-0.25, -0.2) is 18.9 Å². The van der Waals surface area contributed by atoms with Gasteiger partial charge in [-0.05, 0) is 38.5 Å². The van der Waals surface area contributed by atoms with Crippen LogP contribution >= 0.6 is 0 Å². The number of aromatic amines is 2. The number of aryl methyl sites for hydroxylation is 3. The van der Waals surface area contributed by atoms with Crippen LogP contribution in [0.3, 0.4) is 0 Å². The van der Waals surface area contributed by atoms with Crippen LogP contribution in [0.4, 0.5) is 4.39 Å². The molecule has 0 spiro atoms. The SMILES string of the molecule is Cc1ccc(F)cc1-n1c(Cc2c(C)n[nH]c2C)n[nH]c1=O. The fourth-order valence-corrected chi connectivity index (χ4v) is 2.51. The van der Waals surface area contributed by atoms with Gasteiger partial charge in [0, 0.05) is 17.7 Å². The Bertz CT molecular complexity index is 870. The summed E-state index contributed by atoms with van der Waals surface area (Å²) in [6.07, 6.45) is 0.433. The first-order valence-corrected chi connectivity index (χ1v) is 6.90. The highest BCUT2D eigenvalue weighted by atomic mass is 19.1. The van der Waals surface area contributed by atoms with Gasteiger partial charge in [-0.2, -0.15) is 10.2 Å². The molecule has 0 amide bonds. The Hall–Kier alpha value is -2.70. The molecule has 0 aliphatic heterocycles. The Morgan fingerprint density at radius 3 is 2.64 bits per heavy atom. The van der Waals surface area contributed by atoms with E-state index in [1.165, 1.54) is 16.7 Å². The van der Waals surface area contributed by atoms with Crippen LogP contribution in [0, 0.1) is 26.6 Å². The van der Waals surface area contributed by atoms with Crippen molar-refractivity contribution in [2.45, 2.75) is 27.2 Å². The number of hydrogen-bond acceptors (Lipinski definition) is 3. The molecule has 2 N–H and O–H groups in total. The van der Waals surface area contributed by atoms with Crippen LogP contribution in [0.1, 0.15) is 28.3 Å². The molecule has 3 aromatic rings. The predicted molar refractivity (Wildman–Crippen MR) is 79.7 cm³/mol. The van der Waals surface area contributed by atoms with E-state index < -0.39 is 5.82 Å². The van der Waals surface area contributed by atoms with Gasteiger partial charge in [-0.3, -0.25) is 5.10 Å². The fraction of sp³-hybridized carbons (Fsp3) is 0.267. The lowest BCUT2D eigenvalue weighted by molar-refractivity contribution is 0.625. The van der Waals surface area contributed by atoms with Gasteiger partial charge in [0.25, 0.3) is 0 Å². The molecule has 0 aliphatic carbocycles. The molecule has 0 fully saturated rings. The van der Waals surface area contributed by atoms with E-state index >= 15 is 0 Å². The Labute approximate surface area is 126 Å². The van der Waals surface area contributed by atoms with Gasteiger partial charge in [-0.1, -0.05) is 6.07 Å². The van der Waals surface area contributed by atoms with Gasteiger partial charge in [0.2, 0.25) is 0 Å². The summed E-state index contributed by atoms with van der Waals surface area (Å²) in [4.78, 5) is 12.1. The minimum Gasteiger partial charge on any atom is -0.282 e. The third-order valence-corrected chi connectivity index (χ3v) is 3.77. The van der Waals surface area contributed by atoms with E-state index in [-0.39, 0.29) is 5.69 Å². The Kier molecular flexibility index (Phi) is 3.40. The number of nitrogens with zero attached hydrogens (tertiary/aromatic N) is 3. The fourth-order valence-electron chi connectivity index (χ4n) is 2.51. The molecular weight excluding hydrogens is 285 g/mol. The molecule has 0 unspecified atom stereocenters. The van der Waals surface area contributed by atoms with Crippen LogP contribution in [-0.4, -0.2) is 25.0 Å². The molecule has 0 saturated heterocycles. The molecular formula is C15H16FN5O. The molecule has 0 saturated carbocycles. The molecule has 7 heteroatoms. The summed E-state index contributed by atoms with van der Waals surface area (Å²) in [7, 11) is 0. The maximum absolute atomic E-state index is 13.5. The lowest BCUT2D eigenvalue weighted by atomic mass is 10.1. The minimum absolute atomic E-state index is 0.387. The van der Waals surface area contributed by atoms with Gasteiger partial charge < -0.3 is 0 Å². The van der Waals surface area contributed by atoms with E-state index in [9.17, 15) is 9.18 Å². The zero-order valence-electron chi connectivity index (χ0n) is 12.6. The number of nitrogens with one attached hydrogen (secondary N) is 2. The van der Waals surface area contributed by atoms with Crippen LogP contribution < -0.4 is 5.69 Å². The molecule has 22 heavy (non-hydrogen) atoms. The average Bonchev–Trinajstić information content (AvgIpc) is 2.99. The summed E-state index contributed by atoms with van der Waals surface area (Å²) in [6.45, 7) is 5.63. The predicted octanol–water partition coefficient (Wildman–Crippen LogP) is 1.94. The zero-order chi connectivity index (χ0) is 15.9.